The number of hydrogen-bond acceptors (Lipinski definition) is 3. The molecule has 0 heterocycles. The molecule has 3 nitrogen and oxygen atoms in total. The molecule has 0 aliphatic heterocycles. The number of methoxy groups -OCH3 is 1. The smallest absolute Gasteiger partial charge is 0.197 e. The van der Waals surface area contributed by atoms with Gasteiger partial charge >= 0.3 is 0 Å². The summed E-state index contributed by atoms with van der Waals surface area (Å²) in [7, 11) is -0.249. The zero-order valence-electron chi connectivity index (χ0n) is 13.9. The molecule has 1 aromatic rings. The van der Waals surface area contributed by atoms with E-state index in [0.717, 1.165) is 5.75 Å². The normalized spacial score (nSPS) is 15.0. The Morgan fingerprint density at radius 3 is 2.19 bits per heavy atom. The fraction of sp³-hybridized carbons (Fsp3) is 0.471. The van der Waals surface area contributed by atoms with Gasteiger partial charge in [0.25, 0.3) is 0 Å². The number of rotatable bonds is 7. The van der Waals surface area contributed by atoms with Crippen LogP contribution in [0.15, 0.2) is 36.4 Å². The van der Waals surface area contributed by atoms with Crippen molar-refractivity contribution in [2.75, 3.05) is 7.11 Å². The molecule has 0 saturated heterocycles. The van der Waals surface area contributed by atoms with Gasteiger partial charge in [0.1, 0.15) is 11.4 Å². The maximum atomic E-state index is 13.0. The van der Waals surface area contributed by atoms with Gasteiger partial charge in [0.05, 0.1) is 7.11 Å². The number of benzene rings is 1. The molecule has 0 fully saturated rings. The van der Waals surface area contributed by atoms with Crippen molar-refractivity contribution in [1.82, 2.24) is 0 Å². The number of ether oxygens (including phenoxy) is 1. The first-order valence-corrected chi connectivity index (χ1v) is 10.7. The van der Waals surface area contributed by atoms with Crippen LogP contribution >= 0.6 is 0 Å². The van der Waals surface area contributed by atoms with Crippen molar-refractivity contribution < 1.29 is 14.0 Å². The standard InChI is InChI=1S/C17H26O3Si/c1-7-13-17(8-2,20-21(4,5)6)16(18)14-9-11-15(19-3)12-10-14/h7,9-13H,8H2,1-6H3/b13-7+. The second-order valence-corrected chi connectivity index (χ2v) is 10.4. The molecule has 0 bridgehead atoms. The van der Waals surface area contributed by atoms with E-state index in [-0.39, 0.29) is 5.78 Å². The fourth-order valence-corrected chi connectivity index (χ4v) is 3.71. The molecule has 0 aliphatic rings. The van der Waals surface area contributed by atoms with Crippen molar-refractivity contribution in [3.8, 4) is 5.75 Å². The Morgan fingerprint density at radius 2 is 1.81 bits per heavy atom. The highest BCUT2D eigenvalue weighted by molar-refractivity contribution is 6.70. The molecular formula is C17H26O3Si. The third kappa shape index (κ3) is 4.54. The minimum atomic E-state index is -1.86. The average molecular weight is 306 g/mol. The van der Waals surface area contributed by atoms with Crippen LogP contribution in [0.5, 0.6) is 5.75 Å². The van der Waals surface area contributed by atoms with Gasteiger partial charge in [-0.1, -0.05) is 19.1 Å². The fourth-order valence-electron chi connectivity index (χ4n) is 2.31. The summed E-state index contributed by atoms with van der Waals surface area (Å²) < 4.78 is 11.4. The summed E-state index contributed by atoms with van der Waals surface area (Å²) in [4.78, 5) is 13.0. The molecule has 0 aromatic heterocycles. The summed E-state index contributed by atoms with van der Waals surface area (Å²) in [6.45, 7) is 10.2. The van der Waals surface area contributed by atoms with E-state index in [0.29, 0.717) is 12.0 Å². The van der Waals surface area contributed by atoms with Crippen molar-refractivity contribution in [2.45, 2.75) is 45.5 Å². The minimum absolute atomic E-state index is 0.00757. The molecule has 4 heteroatoms. The molecule has 0 N–H and O–H groups in total. The van der Waals surface area contributed by atoms with Crippen LogP contribution < -0.4 is 4.74 Å². The lowest BCUT2D eigenvalue weighted by Gasteiger charge is -2.35. The Balaban J connectivity index is 3.20. The molecule has 0 spiro atoms. The van der Waals surface area contributed by atoms with E-state index in [1.807, 2.05) is 26.0 Å². The summed E-state index contributed by atoms with van der Waals surface area (Å²) in [5.74, 6) is 0.749. The molecule has 0 aliphatic carbocycles. The SMILES string of the molecule is C/C=C/C(CC)(O[Si](C)(C)C)C(=O)c1ccc(OC)cc1. The van der Waals surface area contributed by atoms with Crippen molar-refractivity contribution in [3.63, 3.8) is 0 Å². The van der Waals surface area contributed by atoms with Gasteiger partial charge in [0.2, 0.25) is 0 Å². The van der Waals surface area contributed by atoms with Gasteiger partial charge in [0.15, 0.2) is 14.1 Å². The third-order valence-corrected chi connectivity index (χ3v) is 4.16. The first-order chi connectivity index (χ1) is 9.78. The topological polar surface area (TPSA) is 35.5 Å². The summed E-state index contributed by atoms with van der Waals surface area (Å²) in [6.07, 6.45) is 4.40. The molecule has 21 heavy (non-hydrogen) atoms. The molecular weight excluding hydrogens is 280 g/mol. The van der Waals surface area contributed by atoms with Crippen molar-refractivity contribution >= 4 is 14.1 Å². The van der Waals surface area contributed by atoms with E-state index in [1.54, 1.807) is 31.4 Å². The number of carbonyl (C=O) groups excluding carboxylic acids is 1. The first-order valence-electron chi connectivity index (χ1n) is 7.31. The predicted octanol–water partition coefficient (Wildman–Crippen LogP) is 4.45. The van der Waals surface area contributed by atoms with Crippen molar-refractivity contribution in [1.29, 1.82) is 0 Å². The van der Waals surface area contributed by atoms with Gasteiger partial charge in [-0.2, -0.15) is 0 Å². The van der Waals surface area contributed by atoms with Gasteiger partial charge in [-0.25, -0.2) is 0 Å². The van der Waals surface area contributed by atoms with Crippen LogP contribution in [0.4, 0.5) is 0 Å². The van der Waals surface area contributed by atoms with E-state index in [9.17, 15) is 4.79 Å². The van der Waals surface area contributed by atoms with Crippen LogP contribution in [0.1, 0.15) is 30.6 Å². The highest BCUT2D eigenvalue weighted by Gasteiger charge is 2.39. The van der Waals surface area contributed by atoms with Crippen LogP contribution in [0.2, 0.25) is 19.6 Å². The number of hydrogen-bond donors (Lipinski definition) is 0. The lowest BCUT2D eigenvalue weighted by atomic mass is 9.90. The third-order valence-electron chi connectivity index (χ3n) is 3.19. The quantitative estimate of drug-likeness (QED) is 0.424. The van der Waals surface area contributed by atoms with E-state index < -0.39 is 13.9 Å². The van der Waals surface area contributed by atoms with Crippen LogP contribution in [-0.2, 0) is 4.43 Å². The number of Topliss-reactive ketones (excluding diaryl/α,β-unsaturated/α-hetero) is 1. The zero-order valence-corrected chi connectivity index (χ0v) is 14.9. The first kappa shape index (κ1) is 17.7. The molecule has 0 amide bonds. The van der Waals surface area contributed by atoms with E-state index in [4.69, 9.17) is 9.16 Å². The van der Waals surface area contributed by atoms with E-state index >= 15 is 0 Å². The van der Waals surface area contributed by atoms with Gasteiger partial charge in [-0.05, 0) is 57.3 Å². The van der Waals surface area contributed by atoms with Gasteiger partial charge in [0, 0.05) is 5.56 Å². The summed E-state index contributed by atoms with van der Waals surface area (Å²) in [6, 6.07) is 7.20. The van der Waals surface area contributed by atoms with Gasteiger partial charge in [-0.3, -0.25) is 4.79 Å². The van der Waals surface area contributed by atoms with Crippen molar-refractivity contribution in [3.05, 3.63) is 42.0 Å². The summed E-state index contributed by atoms with van der Waals surface area (Å²) in [5, 5.41) is 0. The maximum Gasteiger partial charge on any atom is 0.197 e. The lowest BCUT2D eigenvalue weighted by Crippen LogP contribution is -2.47. The monoisotopic (exact) mass is 306 g/mol. The molecule has 1 rings (SSSR count). The number of allylic oxidation sites excluding steroid dienone is 1. The highest BCUT2D eigenvalue weighted by atomic mass is 28.4. The summed E-state index contributed by atoms with van der Waals surface area (Å²) >= 11 is 0. The van der Waals surface area contributed by atoms with Gasteiger partial charge < -0.3 is 9.16 Å². The Kier molecular flexibility index (Phi) is 5.93. The molecule has 1 atom stereocenters. The predicted molar refractivity (Wildman–Crippen MR) is 89.6 cm³/mol. The van der Waals surface area contributed by atoms with Crippen LogP contribution in [0.25, 0.3) is 0 Å². The Labute approximate surface area is 129 Å². The highest BCUT2D eigenvalue weighted by Crippen LogP contribution is 2.28. The Hall–Kier alpha value is -1.39. The van der Waals surface area contributed by atoms with Gasteiger partial charge in [-0.15, -0.1) is 0 Å². The molecule has 1 aromatic carbocycles. The molecule has 0 radical (unpaired) electrons. The number of ketones is 1. The van der Waals surface area contributed by atoms with Crippen LogP contribution in [0.3, 0.4) is 0 Å². The Bertz CT molecular complexity index is 500. The molecule has 1 unspecified atom stereocenters. The zero-order chi connectivity index (χ0) is 16.1. The van der Waals surface area contributed by atoms with E-state index in [1.165, 1.54) is 0 Å². The average Bonchev–Trinajstić information content (AvgIpc) is 2.44. The summed E-state index contributed by atoms with van der Waals surface area (Å²) in [5.41, 5.74) is -0.220. The van der Waals surface area contributed by atoms with Crippen LogP contribution in [0, 0.1) is 0 Å². The minimum Gasteiger partial charge on any atom is -0.497 e. The Morgan fingerprint density at radius 1 is 1.24 bits per heavy atom. The largest absolute Gasteiger partial charge is 0.497 e. The van der Waals surface area contributed by atoms with Crippen molar-refractivity contribution in [2.24, 2.45) is 0 Å². The second kappa shape index (κ2) is 7.05. The molecule has 0 saturated carbocycles. The number of carbonyl (C=O) groups is 1. The molecule has 116 valence electrons. The maximum absolute atomic E-state index is 13.0. The van der Waals surface area contributed by atoms with E-state index in [2.05, 4.69) is 19.6 Å². The van der Waals surface area contributed by atoms with Crippen LogP contribution in [-0.4, -0.2) is 26.8 Å². The lowest BCUT2D eigenvalue weighted by molar-refractivity contribution is 0.0580. The second-order valence-electron chi connectivity index (χ2n) is 6.02.